The topological polar surface area (TPSA) is 12.0 Å². The molecule has 1 atom stereocenters. The predicted octanol–water partition coefficient (Wildman–Crippen LogP) is 4.61. The molecule has 19 heavy (non-hydrogen) atoms. The first-order valence-corrected chi connectivity index (χ1v) is 7.54. The Balaban J connectivity index is 2.01. The van der Waals surface area contributed by atoms with Gasteiger partial charge in [0.1, 0.15) is 5.82 Å². The molecule has 0 bridgehead atoms. The van der Waals surface area contributed by atoms with Crippen LogP contribution in [0.2, 0.25) is 0 Å². The third-order valence-corrected chi connectivity index (χ3v) is 4.45. The van der Waals surface area contributed by atoms with Gasteiger partial charge < -0.3 is 5.32 Å². The van der Waals surface area contributed by atoms with E-state index < -0.39 is 0 Å². The molecule has 0 saturated heterocycles. The summed E-state index contributed by atoms with van der Waals surface area (Å²) in [7, 11) is 0. The maximum absolute atomic E-state index is 13.5. The van der Waals surface area contributed by atoms with Crippen molar-refractivity contribution in [1.82, 2.24) is 5.32 Å². The summed E-state index contributed by atoms with van der Waals surface area (Å²) in [6.07, 6.45) is 1.06. The quantitative estimate of drug-likeness (QED) is 0.841. The third-order valence-electron chi connectivity index (χ3n) is 3.48. The molecular formula is C16H20FNS. The molecule has 0 saturated carbocycles. The smallest absolute Gasteiger partial charge is 0.126 e. The van der Waals surface area contributed by atoms with Crippen molar-refractivity contribution >= 4 is 11.3 Å². The van der Waals surface area contributed by atoms with Gasteiger partial charge in [0.25, 0.3) is 0 Å². The van der Waals surface area contributed by atoms with E-state index in [1.807, 2.05) is 12.1 Å². The highest BCUT2D eigenvalue weighted by Crippen LogP contribution is 2.20. The Morgan fingerprint density at radius 1 is 1.32 bits per heavy atom. The van der Waals surface area contributed by atoms with Crippen molar-refractivity contribution in [2.24, 2.45) is 0 Å². The highest BCUT2D eigenvalue weighted by Gasteiger charge is 2.09. The van der Waals surface area contributed by atoms with Crippen LogP contribution in [0.5, 0.6) is 0 Å². The second kappa shape index (κ2) is 6.31. The van der Waals surface area contributed by atoms with E-state index in [1.165, 1.54) is 10.4 Å². The Hall–Kier alpha value is -1.19. The zero-order chi connectivity index (χ0) is 13.8. The number of benzene rings is 1. The lowest BCUT2D eigenvalue weighted by atomic mass is 10.1. The molecule has 1 N–H and O–H groups in total. The first kappa shape index (κ1) is 14.2. The molecule has 0 aliphatic heterocycles. The molecule has 1 nitrogen and oxygen atoms in total. The SMILES string of the molecule is CCc1ccsc1CNC(C)c1ccc(C)c(F)c1. The molecule has 0 aliphatic rings. The second-order valence-corrected chi connectivity index (χ2v) is 5.83. The first-order chi connectivity index (χ1) is 9.11. The van der Waals surface area contributed by atoms with Gasteiger partial charge >= 0.3 is 0 Å². The van der Waals surface area contributed by atoms with E-state index >= 15 is 0 Å². The van der Waals surface area contributed by atoms with Crippen molar-refractivity contribution in [3.63, 3.8) is 0 Å². The Kier molecular flexibility index (Phi) is 4.72. The highest BCUT2D eigenvalue weighted by molar-refractivity contribution is 7.10. The Labute approximate surface area is 118 Å². The third kappa shape index (κ3) is 3.43. The zero-order valence-electron chi connectivity index (χ0n) is 11.7. The van der Waals surface area contributed by atoms with Crippen molar-refractivity contribution in [1.29, 1.82) is 0 Å². The van der Waals surface area contributed by atoms with Gasteiger partial charge in [-0.05, 0) is 54.5 Å². The molecule has 2 aromatic rings. The normalized spacial score (nSPS) is 12.6. The van der Waals surface area contributed by atoms with Gasteiger partial charge in [-0.2, -0.15) is 0 Å². The molecule has 1 aromatic carbocycles. The first-order valence-electron chi connectivity index (χ1n) is 6.66. The van der Waals surface area contributed by atoms with Crippen LogP contribution < -0.4 is 5.32 Å². The molecule has 1 aromatic heterocycles. The molecule has 2 rings (SSSR count). The summed E-state index contributed by atoms with van der Waals surface area (Å²) in [5.74, 6) is -0.128. The van der Waals surface area contributed by atoms with Crippen LogP contribution in [-0.4, -0.2) is 0 Å². The zero-order valence-corrected chi connectivity index (χ0v) is 12.5. The molecule has 0 spiro atoms. The fourth-order valence-electron chi connectivity index (χ4n) is 2.08. The molecule has 3 heteroatoms. The Bertz CT molecular complexity index is 547. The van der Waals surface area contributed by atoms with Gasteiger partial charge in [-0.3, -0.25) is 0 Å². The minimum absolute atomic E-state index is 0.128. The maximum Gasteiger partial charge on any atom is 0.126 e. The number of halogens is 1. The minimum atomic E-state index is -0.128. The van der Waals surface area contributed by atoms with E-state index in [0.717, 1.165) is 18.5 Å². The van der Waals surface area contributed by atoms with Crippen LogP contribution in [0.1, 0.15) is 41.5 Å². The van der Waals surface area contributed by atoms with Crippen molar-refractivity contribution in [3.8, 4) is 0 Å². The van der Waals surface area contributed by atoms with Crippen LogP contribution in [0.25, 0.3) is 0 Å². The number of thiophene rings is 1. The molecule has 1 unspecified atom stereocenters. The standard InChI is InChI=1S/C16H20FNS/c1-4-13-7-8-19-16(13)10-18-12(3)14-6-5-11(2)15(17)9-14/h5-9,12,18H,4,10H2,1-3H3. The number of hydrogen-bond acceptors (Lipinski definition) is 2. The van der Waals surface area contributed by atoms with Crippen LogP contribution in [0.4, 0.5) is 4.39 Å². The highest BCUT2D eigenvalue weighted by atomic mass is 32.1. The van der Waals surface area contributed by atoms with Crippen LogP contribution in [-0.2, 0) is 13.0 Å². The molecule has 0 radical (unpaired) electrons. The predicted molar refractivity (Wildman–Crippen MR) is 80.1 cm³/mol. The lowest BCUT2D eigenvalue weighted by Gasteiger charge is -2.15. The molecule has 102 valence electrons. The molecule has 0 amide bonds. The van der Waals surface area contributed by atoms with E-state index in [-0.39, 0.29) is 11.9 Å². The minimum Gasteiger partial charge on any atom is -0.305 e. The van der Waals surface area contributed by atoms with Gasteiger partial charge in [-0.25, -0.2) is 4.39 Å². The Morgan fingerprint density at radius 2 is 2.11 bits per heavy atom. The summed E-state index contributed by atoms with van der Waals surface area (Å²) in [5.41, 5.74) is 3.10. The van der Waals surface area contributed by atoms with Crippen molar-refractivity contribution in [3.05, 3.63) is 57.0 Å². The summed E-state index contributed by atoms with van der Waals surface area (Å²) in [6.45, 7) is 6.88. The average Bonchev–Trinajstić information content (AvgIpc) is 2.86. The Morgan fingerprint density at radius 3 is 2.79 bits per heavy atom. The number of nitrogens with one attached hydrogen (secondary N) is 1. The second-order valence-electron chi connectivity index (χ2n) is 4.83. The molecular weight excluding hydrogens is 257 g/mol. The lowest BCUT2D eigenvalue weighted by Crippen LogP contribution is -2.18. The summed E-state index contributed by atoms with van der Waals surface area (Å²) >= 11 is 1.78. The molecule has 1 heterocycles. The molecule has 0 fully saturated rings. The number of aryl methyl sites for hydroxylation is 2. The van der Waals surface area contributed by atoms with E-state index in [2.05, 4.69) is 30.6 Å². The fourth-order valence-corrected chi connectivity index (χ4v) is 3.01. The van der Waals surface area contributed by atoms with E-state index in [4.69, 9.17) is 0 Å². The van der Waals surface area contributed by atoms with Gasteiger partial charge in [0, 0.05) is 17.5 Å². The maximum atomic E-state index is 13.5. The van der Waals surface area contributed by atoms with Crippen molar-refractivity contribution < 1.29 is 4.39 Å². The fraction of sp³-hybridized carbons (Fsp3) is 0.375. The van der Waals surface area contributed by atoms with Gasteiger partial charge in [0.2, 0.25) is 0 Å². The average molecular weight is 277 g/mol. The largest absolute Gasteiger partial charge is 0.305 e. The monoisotopic (exact) mass is 277 g/mol. The summed E-state index contributed by atoms with van der Waals surface area (Å²) in [4.78, 5) is 1.38. The van der Waals surface area contributed by atoms with Gasteiger partial charge in [0.05, 0.1) is 0 Å². The van der Waals surface area contributed by atoms with E-state index in [1.54, 1.807) is 24.3 Å². The number of rotatable bonds is 5. The van der Waals surface area contributed by atoms with Crippen molar-refractivity contribution in [2.45, 2.75) is 39.8 Å². The summed E-state index contributed by atoms with van der Waals surface area (Å²) in [6, 6.07) is 7.79. The van der Waals surface area contributed by atoms with E-state index in [9.17, 15) is 4.39 Å². The lowest BCUT2D eigenvalue weighted by molar-refractivity contribution is 0.565. The van der Waals surface area contributed by atoms with Gasteiger partial charge in [-0.1, -0.05) is 19.1 Å². The number of hydrogen-bond donors (Lipinski definition) is 1. The summed E-state index contributed by atoms with van der Waals surface area (Å²) < 4.78 is 13.5. The van der Waals surface area contributed by atoms with E-state index in [0.29, 0.717) is 5.56 Å². The van der Waals surface area contributed by atoms with Crippen LogP contribution in [0, 0.1) is 12.7 Å². The van der Waals surface area contributed by atoms with Crippen LogP contribution in [0.3, 0.4) is 0 Å². The summed E-state index contributed by atoms with van der Waals surface area (Å²) in [5, 5.41) is 5.60. The van der Waals surface area contributed by atoms with Gasteiger partial charge in [-0.15, -0.1) is 11.3 Å². The van der Waals surface area contributed by atoms with Crippen LogP contribution in [0.15, 0.2) is 29.6 Å². The van der Waals surface area contributed by atoms with Gasteiger partial charge in [0.15, 0.2) is 0 Å². The van der Waals surface area contributed by atoms with Crippen LogP contribution >= 0.6 is 11.3 Å². The van der Waals surface area contributed by atoms with Crippen molar-refractivity contribution in [2.75, 3.05) is 0 Å². The molecule has 0 aliphatic carbocycles.